The van der Waals surface area contributed by atoms with Gasteiger partial charge in [0.25, 0.3) is 0 Å². The molecule has 0 bridgehead atoms. The van der Waals surface area contributed by atoms with Crippen molar-refractivity contribution in [1.29, 1.82) is 0 Å². The van der Waals surface area contributed by atoms with E-state index in [1.54, 1.807) is 0 Å². The van der Waals surface area contributed by atoms with Crippen LogP contribution >= 0.6 is 15.9 Å². The van der Waals surface area contributed by atoms with E-state index in [9.17, 15) is 0 Å². The zero-order chi connectivity index (χ0) is 11.9. The van der Waals surface area contributed by atoms with Crippen LogP contribution < -0.4 is 0 Å². The van der Waals surface area contributed by atoms with E-state index >= 15 is 0 Å². The molecule has 0 rings (SSSR count). The van der Waals surface area contributed by atoms with Crippen LogP contribution in [0.25, 0.3) is 0 Å². The molecule has 0 aromatic carbocycles. The zero-order valence-electron chi connectivity index (χ0n) is 11.0. The van der Waals surface area contributed by atoms with Crippen molar-refractivity contribution in [3.8, 4) is 0 Å². The number of halogens is 1. The summed E-state index contributed by atoms with van der Waals surface area (Å²) >= 11 is 3.51. The van der Waals surface area contributed by atoms with Crippen LogP contribution in [0.2, 0.25) is 19.6 Å². The number of hydrogen-bond donors (Lipinski definition) is 0. The van der Waals surface area contributed by atoms with E-state index < -0.39 is 8.32 Å². The van der Waals surface area contributed by atoms with Gasteiger partial charge in [-0.05, 0) is 45.8 Å². The third kappa shape index (κ3) is 8.46. The van der Waals surface area contributed by atoms with E-state index in [1.165, 1.54) is 32.1 Å². The molecule has 0 aromatic rings. The quantitative estimate of drug-likeness (QED) is 0.454. The maximum Gasteiger partial charge on any atom is 0.184 e. The van der Waals surface area contributed by atoms with Gasteiger partial charge in [0.15, 0.2) is 8.32 Å². The van der Waals surface area contributed by atoms with Crippen LogP contribution in [0.3, 0.4) is 0 Å². The van der Waals surface area contributed by atoms with E-state index in [1.807, 2.05) is 0 Å². The Hall–Kier alpha value is 0.657. The lowest BCUT2D eigenvalue weighted by Gasteiger charge is -2.36. The summed E-state index contributed by atoms with van der Waals surface area (Å²) in [5.41, 5.74) is 0.119. The highest BCUT2D eigenvalue weighted by atomic mass is 79.9. The average molecular weight is 295 g/mol. The second-order valence-electron chi connectivity index (χ2n) is 5.56. The molecule has 0 N–H and O–H groups in total. The molecule has 0 fully saturated rings. The maximum absolute atomic E-state index is 6.35. The van der Waals surface area contributed by atoms with Crippen LogP contribution in [-0.2, 0) is 4.43 Å². The highest BCUT2D eigenvalue weighted by Crippen LogP contribution is 2.28. The largest absolute Gasteiger partial charge is 0.412 e. The van der Waals surface area contributed by atoms with E-state index in [4.69, 9.17) is 4.43 Å². The van der Waals surface area contributed by atoms with E-state index in [-0.39, 0.29) is 5.60 Å². The Labute approximate surface area is 105 Å². The second-order valence-corrected chi connectivity index (χ2v) is 10.8. The molecule has 0 amide bonds. The van der Waals surface area contributed by atoms with Crippen LogP contribution in [0, 0.1) is 0 Å². The summed E-state index contributed by atoms with van der Waals surface area (Å²) in [6.45, 7) is 11.4. The molecule has 3 heteroatoms. The average Bonchev–Trinajstić information content (AvgIpc) is 2.09. The van der Waals surface area contributed by atoms with Crippen molar-refractivity contribution >= 4 is 24.2 Å². The summed E-state index contributed by atoms with van der Waals surface area (Å²) in [4.78, 5) is 0. The van der Waals surface area contributed by atoms with E-state index in [2.05, 4.69) is 49.4 Å². The van der Waals surface area contributed by atoms with Crippen molar-refractivity contribution in [1.82, 2.24) is 0 Å². The van der Waals surface area contributed by atoms with Crippen LogP contribution in [0.5, 0.6) is 0 Å². The first-order valence-corrected chi connectivity index (χ1v) is 10.6. The summed E-state index contributed by atoms with van der Waals surface area (Å²) < 4.78 is 6.35. The minimum atomic E-state index is -1.41. The molecule has 0 heterocycles. The molecule has 0 saturated carbocycles. The normalized spacial score (nSPS) is 16.4. The van der Waals surface area contributed by atoms with Crippen LogP contribution in [0.4, 0.5) is 0 Å². The molecular formula is C12H27BrOSi. The van der Waals surface area contributed by atoms with Crippen molar-refractivity contribution in [3.63, 3.8) is 0 Å². The van der Waals surface area contributed by atoms with Crippen molar-refractivity contribution in [2.45, 2.75) is 71.2 Å². The lowest BCUT2D eigenvalue weighted by Crippen LogP contribution is -2.40. The van der Waals surface area contributed by atoms with Gasteiger partial charge < -0.3 is 4.43 Å². The Morgan fingerprint density at radius 3 is 2.07 bits per heavy atom. The predicted octanol–water partition coefficient (Wildman–Crippen LogP) is 4.96. The van der Waals surface area contributed by atoms with Gasteiger partial charge in [0, 0.05) is 5.33 Å². The monoisotopic (exact) mass is 294 g/mol. The summed E-state index contributed by atoms with van der Waals surface area (Å²) in [5.74, 6) is 0. The first kappa shape index (κ1) is 15.7. The summed E-state index contributed by atoms with van der Waals surface area (Å²) in [6, 6.07) is 0. The van der Waals surface area contributed by atoms with Crippen LogP contribution in [0.1, 0.15) is 46.0 Å². The topological polar surface area (TPSA) is 9.23 Å². The molecule has 92 valence electrons. The zero-order valence-corrected chi connectivity index (χ0v) is 13.6. The molecule has 0 aliphatic carbocycles. The van der Waals surface area contributed by atoms with Gasteiger partial charge in [0.05, 0.1) is 5.60 Å². The van der Waals surface area contributed by atoms with Gasteiger partial charge in [-0.1, -0.05) is 35.7 Å². The van der Waals surface area contributed by atoms with Gasteiger partial charge in [0.1, 0.15) is 0 Å². The third-order valence-electron chi connectivity index (χ3n) is 2.45. The van der Waals surface area contributed by atoms with Crippen LogP contribution in [-0.4, -0.2) is 19.2 Å². The van der Waals surface area contributed by atoms with E-state index in [0.717, 1.165) is 5.33 Å². The minimum Gasteiger partial charge on any atom is -0.412 e. The molecule has 1 atom stereocenters. The molecule has 0 saturated heterocycles. The van der Waals surface area contributed by atoms with Gasteiger partial charge in [-0.25, -0.2) is 0 Å². The van der Waals surface area contributed by atoms with Gasteiger partial charge >= 0.3 is 0 Å². The molecule has 0 radical (unpaired) electrons. The Bertz CT molecular complexity index is 157. The van der Waals surface area contributed by atoms with Gasteiger partial charge in [-0.15, -0.1) is 0 Å². The van der Waals surface area contributed by atoms with E-state index in [0.29, 0.717) is 0 Å². The highest BCUT2D eigenvalue weighted by molar-refractivity contribution is 9.09. The highest BCUT2D eigenvalue weighted by Gasteiger charge is 2.30. The Morgan fingerprint density at radius 1 is 1.13 bits per heavy atom. The molecule has 15 heavy (non-hydrogen) atoms. The van der Waals surface area contributed by atoms with Gasteiger partial charge in [0.2, 0.25) is 0 Å². The Balaban J connectivity index is 4.26. The summed E-state index contributed by atoms with van der Waals surface area (Å²) in [7, 11) is -1.41. The summed E-state index contributed by atoms with van der Waals surface area (Å²) in [6.07, 6.45) is 6.15. The first-order chi connectivity index (χ1) is 6.83. The Morgan fingerprint density at radius 2 is 1.67 bits per heavy atom. The minimum absolute atomic E-state index is 0.119. The molecule has 1 nitrogen and oxygen atoms in total. The van der Waals surface area contributed by atoms with Crippen molar-refractivity contribution in [2.75, 3.05) is 5.33 Å². The van der Waals surface area contributed by atoms with Gasteiger partial charge in [-0.2, -0.15) is 0 Å². The standard InChI is InChI=1S/C12H27BrOSi/c1-6-7-9-12(2,10-8-11-13)14-15(3,4)5/h6-11H2,1-5H3. The fraction of sp³-hybridized carbons (Fsp3) is 1.00. The molecule has 0 spiro atoms. The molecule has 1 unspecified atom stereocenters. The fourth-order valence-electron chi connectivity index (χ4n) is 1.96. The second kappa shape index (κ2) is 7.07. The third-order valence-corrected chi connectivity index (χ3v) is 4.12. The lowest BCUT2D eigenvalue weighted by molar-refractivity contribution is 0.0589. The molecular weight excluding hydrogens is 268 g/mol. The lowest BCUT2D eigenvalue weighted by atomic mass is 9.94. The number of hydrogen-bond acceptors (Lipinski definition) is 1. The smallest absolute Gasteiger partial charge is 0.184 e. The fourth-order valence-corrected chi connectivity index (χ4v) is 3.92. The molecule has 0 aliphatic heterocycles. The van der Waals surface area contributed by atoms with Crippen molar-refractivity contribution in [3.05, 3.63) is 0 Å². The van der Waals surface area contributed by atoms with Crippen LogP contribution in [0.15, 0.2) is 0 Å². The molecule has 0 aromatic heterocycles. The number of alkyl halides is 1. The number of unbranched alkanes of at least 4 members (excludes halogenated alkanes) is 1. The molecule has 0 aliphatic rings. The Kier molecular flexibility index (Phi) is 7.38. The maximum atomic E-state index is 6.35. The number of rotatable bonds is 8. The van der Waals surface area contributed by atoms with Crippen molar-refractivity contribution < 1.29 is 4.43 Å². The first-order valence-electron chi connectivity index (χ1n) is 6.09. The summed E-state index contributed by atoms with van der Waals surface area (Å²) in [5, 5.41) is 1.09. The predicted molar refractivity (Wildman–Crippen MR) is 75.4 cm³/mol. The van der Waals surface area contributed by atoms with Crippen molar-refractivity contribution in [2.24, 2.45) is 0 Å². The SMILES string of the molecule is CCCCC(C)(CCCBr)O[Si](C)(C)C. The van der Waals surface area contributed by atoms with Gasteiger partial charge in [-0.3, -0.25) is 0 Å².